The number of rotatable bonds is 3. The Morgan fingerprint density at radius 2 is 2.00 bits per heavy atom. The predicted molar refractivity (Wildman–Crippen MR) is 97.5 cm³/mol. The second-order valence-electron chi connectivity index (χ2n) is 6.67. The first-order valence-electron chi connectivity index (χ1n) is 8.46. The SMILES string of the molecule is CNC1CCCN(S(=O)(=O)c2ccc3c4c(cccc24)C(=O)N3C)C1. The molecule has 0 radical (unpaired) electrons. The molecule has 2 aliphatic rings. The van der Waals surface area contributed by atoms with E-state index >= 15 is 0 Å². The van der Waals surface area contributed by atoms with Gasteiger partial charge in [-0.3, -0.25) is 4.79 Å². The number of hydrogen-bond acceptors (Lipinski definition) is 4. The summed E-state index contributed by atoms with van der Waals surface area (Å²) in [5.74, 6) is -0.0941. The number of carbonyl (C=O) groups is 1. The van der Waals surface area contributed by atoms with Crippen molar-refractivity contribution in [2.24, 2.45) is 0 Å². The van der Waals surface area contributed by atoms with E-state index in [1.165, 1.54) is 0 Å². The van der Waals surface area contributed by atoms with Crippen LogP contribution >= 0.6 is 0 Å². The average molecular weight is 359 g/mol. The van der Waals surface area contributed by atoms with Crippen LogP contribution in [0.4, 0.5) is 5.69 Å². The van der Waals surface area contributed by atoms with Crippen molar-refractivity contribution in [2.45, 2.75) is 23.8 Å². The molecule has 1 amide bonds. The third-order valence-electron chi connectivity index (χ3n) is 5.29. The van der Waals surface area contributed by atoms with E-state index in [-0.39, 0.29) is 16.8 Å². The molecule has 1 atom stereocenters. The molecule has 0 aliphatic carbocycles. The van der Waals surface area contributed by atoms with Crippen molar-refractivity contribution in [1.29, 1.82) is 0 Å². The van der Waals surface area contributed by atoms with Gasteiger partial charge in [0.2, 0.25) is 10.0 Å². The fourth-order valence-corrected chi connectivity index (χ4v) is 5.58. The Morgan fingerprint density at radius 3 is 2.76 bits per heavy atom. The number of likely N-dealkylation sites (N-methyl/N-ethyl adjacent to an activating group) is 1. The molecule has 25 heavy (non-hydrogen) atoms. The normalized spacial score (nSPS) is 21.3. The highest BCUT2D eigenvalue weighted by Crippen LogP contribution is 2.40. The van der Waals surface area contributed by atoms with Crippen molar-refractivity contribution in [3.05, 3.63) is 35.9 Å². The lowest BCUT2D eigenvalue weighted by Gasteiger charge is -2.32. The zero-order valence-electron chi connectivity index (χ0n) is 14.3. The molecule has 0 bridgehead atoms. The van der Waals surface area contributed by atoms with Gasteiger partial charge in [0.15, 0.2) is 0 Å². The van der Waals surface area contributed by atoms with Crippen LogP contribution in [0.1, 0.15) is 23.2 Å². The minimum absolute atomic E-state index is 0.0941. The largest absolute Gasteiger partial charge is 0.316 e. The summed E-state index contributed by atoms with van der Waals surface area (Å²) in [5, 5.41) is 4.54. The maximum atomic E-state index is 13.3. The molecular formula is C18H21N3O3S. The Bertz CT molecular complexity index is 971. The van der Waals surface area contributed by atoms with E-state index in [1.807, 2.05) is 7.05 Å². The number of sulfonamides is 1. The van der Waals surface area contributed by atoms with Crippen LogP contribution in [-0.4, -0.2) is 51.9 Å². The van der Waals surface area contributed by atoms with E-state index < -0.39 is 10.0 Å². The quantitative estimate of drug-likeness (QED) is 0.907. The van der Waals surface area contributed by atoms with Crippen LogP contribution in [0, 0.1) is 0 Å². The summed E-state index contributed by atoms with van der Waals surface area (Å²) < 4.78 is 28.1. The topological polar surface area (TPSA) is 69.7 Å². The predicted octanol–water partition coefficient (Wildman–Crippen LogP) is 1.80. The average Bonchev–Trinajstić information content (AvgIpc) is 2.89. The number of hydrogen-bond donors (Lipinski definition) is 1. The molecule has 4 rings (SSSR count). The van der Waals surface area contributed by atoms with Crippen LogP contribution in [0.2, 0.25) is 0 Å². The Kier molecular flexibility index (Phi) is 3.82. The lowest BCUT2D eigenvalue weighted by molar-refractivity contribution is 0.0999. The highest BCUT2D eigenvalue weighted by atomic mass is 32.2. The van der Waals surface area contributed by atoms with E-state index in [0.29, 0.717) is 24.0 Å². The van der Waals surface area contributed by atoms with Crippen LogP contribution in [0.25, 0.3) is 10.8 Å². The third kappa shape index (κ3) is 2.38. The second kappa shape index (κ2) is 5.79. The third-order valence-corrected chi connectivity index (χ3v) is 7.21. The van der Waals surface area contributed by atoms with Gasteiger partial charge >= 0.3 is 0 Å². The van der Waals surface area contributed by atoms with Gasteiger partial charge in [0, 0.05) is 42.5 Å². The number of nitrogens with one attached hydrogen (secondary N) is 1. The molecule has 6 nitrogen and oxygen atoms in total. The van der Waals surface area contributed by atoms with Gasteiger partial charge in [-0.25, -0.2) is 8.42 Å². The zero-order chi connectivity index (χ0) is 17.8. The summed E-state index contributed by atoms with van der Waals surface area (Å²) in [7, 11) is -0.0308. The van der Waals surface area contributed by atoms with Crippen molar-refractivity contribution < 1.29 is 13.2 Å². The highest BCUT2D eigenvalue weighted by molar-refractivity contribution is 7.89. The smallest absolute Gasteiger partial charge is 0.258 e. The van der Waals surface area contributed by atoms with Crippen molar-refractivity contribution >= 4 is 32.4 Å². The maximum absolute atomic E-state index is 13.3. The molecule has 1 saturated heterocycles. The number of anilines is 1. The summed E-state index contributed by atoms with van der Waals surface area (Å²) in [6, 6.07) is 8.85. The van der Waals surface area contributed by atoms with E-state index in [0.717, 1.165) is 23.9 Å². The standard InChI is InChI=1S/C18H21N3O3S/c1-19-12-5-4-10-21(11-12)25(23,24)16-9-8-15-17-13(16)6-3-7-14(17)18(22)20(15)2/h3,6-9,12,19H,4-5,10-11H2,1-2H3. The molecule has 2 aromatic carbocycles. The summed E-state index contributed by atoms with van der Waals surface area (Å²) in [5.41, 5.74) is 1.33. The molecule has 2 aliphatic heterocycles. The Hall–Kier alpha value is -1.96. The van der Waals surface area contributed by atoms with E-state index in [4.69, 9.17) is 0 Å². The van der Waals surface area contributed by atoms with Crippen molar-refractivity contribution in [3.8, 4) is 0 Å². The van der Waals surface area contributed by atoms with Crippen LogP contribution in [0.5, 0.6) is 0 Å². The summed E-state index contributed by atoms with van der Waals surface area (Å²) in [6.45, 7) is 1.00. The van der Waals surface area contributed by atoms with Gasteiger partial charge in [0.1, 0.15) is 0 Å². The molecule has 1 unspecified atom stereocenters. The molecule has 0 aromatic heterocycles. The molecule has 132 valence electrons. The first-order chi connectivity index (χ1) is 11.9. The van der Waals surface area contributed by atoms with E-state index in [2.05, 4.69) is 5.32 Å². The number of amides is 1. The molecule has 0 spiro atoms. The molecule has 1 N–H and O–H groups in total. The number of nitrogens with zero attached hydrogens (tertiary/aromatic N) is 2. The van der Waals surface area contributed by atoms with Gasteiger partial charge in [0.25, 0.3) is 5.91 Å². The lowest BCUT2D eigenvalue weighted by atomic mass is 10.1. The van der Waals surface area contributed by atoms with E-state index in [1.54, 1.807) is 46.6 Å². The van der Waals surface area contributed by atoms with Crippen molar-refractivity contribution in [2.75, 3.05) is 32.1 Å². The Balaban J connectivity index is 1.87. The minimum Gasteiger partial charge on any atom is -0.316 e. The van der Waals surface area contributed by atoms with Crippen LogP contribution < -0.4 is 10.2 Å². The molecule has 0 saturated carbocycles. The molecule has 7 heteroatoms. The molecule has 1 fully saturated rings. The maximum Gasteiger partial charge on any atom is 0.258 e. The monoisotopic (exact) mass is 359 g/mol. The van der Waals surface area contributed by atoms with Gasteiger partial charge in [-0.1, -0.05) is 12.1 Å². The fraction of sp³-hybridized carbons (Fsp3) is 0.389. The number of piperidine rings is 1. The number of carbonyl (C=O) groups excluding carboxylic acids is 1. The fourth-order valence-electron chi connectivity index (χ4n) is 3.87. The van der Waals surface area contributed by atoms with Crippen LogP contribution in [0.15, 0.2) is 35.2 Å². The van der Waals surface area contributed by atoms with Crippen LogP contribution in [0.3, 0.4) is 0 Å². The Labute approximate surface area is 147 Å². The molecule has 2 aromatic rings. The first-order valence-corrected chi connectivity index (χ1v) is 9.90. The summed E-state index contributed by atoms with van der Waals surface area (Å²) in [6.07, 6.45) is 1.82. The van der Waals surface area contributed by atoms with E-state index in [9.17, 15) is 13.2 Å². The van der Waals surface area contributed by atoms with Gasteiger partial charge in [-0.15, -0.1) is 0 Å². The molecular weight excluding hydrogens is 338 g/mol. The highest BCUT2D eigenvalue weighted by Gasteiger charge is 2.34. The lowest BCUT2D eigenvalue weighted by Crippen LogP contribution is -2.46. The summed E-state index contributed by atoms with van der Waals surface area (Å²) in [4.78, 5) is 14.2. The van der Waals surface area contributed by atoms with Crippen molar-refractivity contribution in [1.82, 2.24) is 9.62 Å². The van der Waals surface area contributed by atoms with Gasteiger partial charge in [-0.2, -0.15) is 4.31 Å². The Morgan fingerprint density at radius 1 is 1.20 bits per heavy atom. The molecule has 2 heterocycles. The number of benzene rings is 2. The zero-order valence-corrected chi connectivity index (χ0v) is 15.1. The van der Waals surface area contributed by atoms with Crippen LogP contribution in [-0.2, 0) is 10.0 Å². The summed E-state index contributed by atoms with van der Waals surface area (Å²) >= 11 is 0. The van der Waals surface area contributed by atoms with Crippen molar-refractivity contribution in [3.63, 3.8) is 0 Å². The van der Waals surface area contributed by atoms with Gasteiger partial charge in [-0.05, 0) is 38.1 Å². The second-order valence-corrected chi connectivity index (χ2v) is 8.57. The van der Waals surface area contributed by atoms with Gasteiger partial charge in [0.05, 0.1) is 10.6 Å². The van der Waals surface area contributed by atoms with Gasteiger partial charge < -0.3 is 10.2 Å². The first kappa shape index (κ1) is 16.5. The minimum atomic E-state index is -3.61.